The Labute approximate surface area is 118 Å². The van der Waals surface area contributed by atoms with Gasteiger partial charge in [-0.05, 0) is 25.1 Å². The van der Waals surface area contributed by atoms with Crippen LogP contribution in [0.3, 0.4) is 0 Å². The van der Waals surface area contributed by atoms with Gasteiger partial charge < -0.3 is 9.64 Å². The fourth-order valence-corrected chi connectivity index (χ4v) is 1.62. The first-order valence-corrected chi connectivity index (χ1v) is 5.97. The third kappa shape index (κ3) is 5.30. The van der Waals surface area contributed by atoms with E-state index in [9.17, 15) is 26.7 Å². The van der Waals surface area contributed by atoms with Gasteiger partial charge in [-0.1, -0.05) is 0 Å². The standard InChI is InChI=1S/C13H14F5NO2/c1-8(10-5-9(14)3-4-11(10)15)19(2)12(20)6-21-7-13(16,17)18/h3-5,8H,6-7H2,1-2H3. The van der Waals surface area contributed by atoms with Gasteiger partial charge in [0.25, 0.3) is 0 Å². The lowest BCUT2D eigenvalue weighted by Crippen LogP contribution is -2.34. The predicted octanol–water partition coefficient (Wildman–Crippen LogP) is 3.06. The van der Waals surface area contributed by atoms with Crippen molar-refractivity contribution in [2.45, 2.75) is 19.1 Å². The van der Waals surface area contributed by atoms with Crippen LogP contribution in [0.1, 0.15) is 18.5 Å². The molecule has 3 nitrogen and oxygen atoms in total. The van der Waals surface area contributed by atoms with Crippen molar-refractivity contribution in [1.82, 2.24) is 4.90 Å². The highest BCUT2D eigenvalue weighted by molar-refractivity contribution is 5.77. The molecule has 0 aliphatic carbocycles. The summed E-state index contributed by atoms with van der Waals surface area (Å²) in [6, 6.07) is 1.93. The zero-order chi connectivity index (χ0) is 16.2. The fourth-order valence-electron chi connectivity index (χ4n) is 1.62. The first-order valence-electron chi connectivity index (χ1n) is 5.97. The molecule has 0 bridgehead atoms. The molecule has 0 spiro atoms. The predicted molar refractivity (Wildman–Crippen MR) is 64.4 cm³/mol. The lowest BCUT2D eigenvalue weighted by molar-refractivity contribution is -0.178. The van der Waals surface area contributed by atoms with Crippen molar-refractivity contribution in [2.75, 3.05) is 20.3 Å². The second-order valence-electron chi connectivity index (χ2n) is 4.45. The molecule has 0 saturated carbocycles. The minimum atomic E-state index is -4.53. The topological polar surface area (TPSA) is 29.5 Å². The van der Waals surface area contributed by atoms with Gasteiger partial charge in [0.05, 0.1) is 6.04 Å². The number of amides is 1. The molecular weight excluding hydrogens is 297 g/mol. The maximum atomic E-state index is 13.6. The van der Waals surface area contributed by atoms with Gasteiger partial charge in [-0.3, -0.25) is 4.79 Å². The highest BCUT2D eigenvalue weighted by Gasteiger charge is 2.28. The SMILES string of the molecule is CC(c1cc(F)ccc1F)N(C)C(=O)COCC(F)(F)F. The zero-order valence-corrected chi connectivity index (χ0v) is 11.4. The van der Waals surface area contributed by atoms with E-state index in [0.717, 1.165) is 23.1 Å². The molecule has 118 valence electrons. The smallest absolute Gasteiger partial charge is 0.362 e. The summed E-state index contributed by atoms with van der Waals surface area (Å²) in [5.41, 5.74) is -0.0679. The number of nitrogens with zero attached hydrogens (tertiary/aromatic N) is 1. The Balaban J connectivity index is 2.67. The minimum Gasteiger partial charge on any atom is -0.362 e. The van der Waals surface area contributed by atoms with E-state index in [1.54, 1.807) is 0 Å². The molecule has 1 rings (SSSR count). The van der Waals surface area contributed by atoms with Crippen LogP contribution in [-0.2, 0) is 9.53 Å². The third-order valence-corrected chi connectivity index (χ3v) is 2.87. The van der Waals surface area contributed by atoms with E-state index in [-0.39, 0.29) is 5.56 Å². The Morgan fingerprint density at radius 1 is 1.33 bits per heavy atom. The van der Waals surface area contributed by atoms with Crippen LogP contribution >= 0.6 is 0 Å². The summed E-state index contributed by atoms with van der Waals surface area (Å²) in [6.45, 7) is -0.911. The number of alkyl halides is 3. The van der Waals surface area contributed by atoms with Crippen molar-refractivity contribution in [3.63, 3.8) is 0 Å². The van der Waals surface area contributed by atoms with Gasteiger partial charge >= 0.3 is 6.18 Å². The highest BCUT2D eigenvalue weighted by Crippen LogP contribution is 2.23. The lowest BCUT2D eigenvalue weighted by Gasteiger charge is -2.25. The molecule has 0 N–H and O–H groups in total. The van der Waals surface area contributed by atoms with E-state index < -0.39 is 43.0 Å². The fraction of sp³-hybridized carbons (Fsp3) is 0.462. The average molecular weight is 311 g/mol. The van der Waals surface area contributed by atoms with Gasteiger partial charge in [-0.2, -0.15) is 13.2 Å². The number of carbonyl (C=O) groups excluding carboxylic acids is 1. The van der Waals surface area contributed by atoms with Crippen LogP contribution < -0.4 is 0 Å². The highest BCUT2D eigenvalue weighted by atomic mass is 19.4. The van der Waals surface area contributed by atoms with Gasteiger partial charge in [0.15, 0.2) is 0 Å². The summed E-state index contributed by atoms with van der Waals surface area (Å²) in [7, 11) is 1.27. The van der Waals surface area contributed by atoms with E-state index in [1.165, 1.54) is 14.0 Å². The van der Waals surface area contributed by atoms with Crippen molar-refractivity contribution in [3.8, 4) is 0 Å². The van der Waals surface area contributed by atoms with Crippen molar-refractivity contribution in [2.24, 2.45) is 0 Å². The Bertz CT molecular complexity index is 504. The molecule has 1 atom stereocenters. The van der Waals surface area contributed by atoms with Crippen LogP contribution in [0.25, 0.3) is 0 Å². The summed E-state index contributed by atoms with van der Waals surface area (Å²) in [5, 5.41) is 0. The zero-order valence-electron chi connectivity index (χ0n) is 11.4. The van der Waals surface area contributed by atoms with Crippen molar-refractivity contribution in [3.05, 3.63) is 35.4 Å². The van der Waals surface area contributed by atoms with Crippen LogP contribution in [0.15, 0.2) is 18.2 Å². The Hall–Kier alpha value is -1.70. The number of rotatable bonds is 5. The van der Waals surface area contributed by atoms with Crippen LogP contribution in [0.5, 0.6) is 0 Å². The van der Waals surface area contributed by atoms with E-state index in [1.807, 2.05) is 0 Å². The maximum absolute atomic E-state index is 13.6. The summed E-state index contributed by atoms with van der Waals surface area (Å²) < 4.78 is 66.6. The summed E-state index contributed by atoms with van der Waals surface area (Å²) in [6.07, 6.45) is -4.53. The Morgan fingerprint density at radius 3 is 2.52 bits per heavy atom. The molecule has 0 saturated heterocycles. The molecule has 1 amide bonds. The molecule has 0 aliphatic heterocycles. The molecule has 1 aromatic carbocycles. The minimum absolute atomic E-state index is 0.0679. The molecule has 0 heterocycles. The quantitative estimate of drug-likeness (QED) is 0.782. The first-order chi connectivity index (χ1) is 9.61. The largest absolute Gasteiger partial charge is 0.411 e. The average Bonchev–Trinajstić information content (AvgIpc) is 2.38. The van der Waals surface area contributed by atoms with Gasteiger partial charge in [0, 0.05) is 12.6 Å². The van der Waals surface area contributed by atoms with Crippen LogP contribution in [-0.4, -0.2) is 37.2 Å². The second kappa shape index (κ2) is 6.84. The van der Waals surface area contributed by atoms with E-state index in [4.69, 9.17) is 0 Å². The second-order valence-corrected chi connectivity index (χ2v) is 4.45. The first kappa shape index (κ1) is 17.4. The van der Waals surface area contributed by atoms with E-state index in [0.29, 0.717) is 0 Å². The van der Waals surface area contributed by atoms with Crippen LogP contribution in [0.2, 0.25) is 0 Å². The van der Waals surface area contributed by atoms with Crippen molar-refractivity contribution in [1.29, 1.82) is 0 Å². The molecule has 21 heavy (non-hydrogen) atoms. The maximum Gasteiger partial charge on any atom is 0.411 e. The lowest BCUT2D eigenvalue weighted by atomic mass is 10.1. The summed E-state index contributed by atoms with van der Waals surface area (Å²) in [5.74, 6) is -2.15. The van der Waals surface area contributed by atoms with E-state index in [2.05, 4.69) is 4.74 Å². The normalized spacial score (nSPS) is 13.1. The van der Waals surface area contributed by atoms with Crippen molar-refractivity contribution >= 4 is 5.91 Å². The molecule has 0 aliphatic rings. The number of hydrogen-bond acceptors (Lipinski definition) is 2. The number of ether oxygens (including phenoxy) is 1. The number of halogens is 5. The number of carbonyl (C=O) groups is 1. The van der Waals surface area contributed by atoms with Gasteiger partial charge in [-0.15, -0.1) is 0 Å². The van der Waals surface area contributed by atoms with Crippen molar-refractivity contribution < 1.29 is 31.5 Å². The molecule has 8 heteroatoms. The van der Waals surface area contributed by atoms with Crippen LogP contribution in [0, 0.1) is 11.6 Å². The number of hydrogen-bond donors (Lipinski definition) is 0. The molecule has 1 aromatic rings. The Morgan fingerprint density at radius 2 is 1.95 bits per heavy atom. The van der Waals surface area contributed by atoms with Gasteiger partial charge in [0.2, 0.25) is 5.91 Å². The number of benzene rings is 1. The number of likely N-dealkylation sites (N-methyl/N-ethyl adjacent to an activating group) is 1. The Kier molecular flexibility index (Phi) is 5.65. The molecule has 0 fully saturated rings. The van der Waals surface area contributed by atoms with Crippen LogP contribution in [0.4, 0.5) is 22.0 Å². The van der Waals surface area contributed by atoms with Gasteiger partial charge in [-0.25, -0.2) is 8.78 Å². The summed E-state index contributed by atoms with van der Waals surface area (Å²) in [4.78, 5) is 12.7. The molecule has 1 unspecified atom stereocenters. The molecule has 0 radical (unpaired) electrons. The van der Waals surface area contributed by atoms with E-state index >= 15 is 0 Å². The molecule has 0 aromatic heterocycles. The van der Waals surface area contributed by atoms with Gasteiger partial charge in [0.1, 0.15) is 24.8 Å². The summed E-state index contributed by atoms with van der Waals surface area (Å²) >= 11 is 0. The monoisotopic (exact) mass is 311 g/mol. The molecular formula is C13H14F5NO2. The third-order valence-electron chi connectivity index (χ3n) is 2.87.